The number of halogens is 1. The van der Waals surface area contributed by atoms with E-state index in [4.69, 9.17) is 0 Å². The molecule has 0 aromatic heterocycles. The molecule has 1 aromatic carbocycles. The topological polar surface area (TPSA) is 60.4 Å². The van der Waals surface area contributed by atoms with Crippen molar-refractivity contribution in [1.82, 2.24) is 0 Å². The molecule has 0 N–H and O–H groups in total. The minimum atomic E-state index is -0.995. The van der Waals surface area contributed by atoms with Gasteiger partial charge in [0.05, 0.1) is 5.56 Å². The predicted molar refractivity (Wildman–Crippen MR) is 58.0 cm³/mol. The largest absolute Gasteiger partial charge is 0.389 e. The van der Waals surface area contributed by atoms with Crippen LogP contribution in [0.25, 0.3) is 0 Å². The lowest BCUT2D eigenvalue weighted by molar-refractivity contribution is -0.143. The molecule has 4 nitrogen and oxygen atoms in total. The van der Waals surface area contributed by atoms with Gasteiger partial charge in [0, 0.05) is 4.47 Å². The van der Waals surface area contributed by atoms with Crippen molar-refractivity contribution >= 4 is 33.7 Å². The van der Waals surface area contributed by atoms with E-state index < -0.39 is 17.9 Å². The molecule has 82 valence electrons. The van der Waals surface area contributed by atoms with E-state index in [1.807, 2.05) is 0 Å². The van der Waals surface area contributed by atoms with Gasteiger partial charge >= 0.3 is 11.9 Å². The fraction of sp³-hybridized carbons (Fsp3) is 0.182. The highest BCUT2D eigenvalue weighted by Crippen LogP contribution is 2.30. The second-order valence-electron chi connectivity index (χ2n) is 3.48. The molecule has 5 heteroatoms. The number of esters is 2. The Hall–Kier alpha value is -1.49. The number of carbonyl (C=O) groups excluding carboxylic acids is 3. The molecule has 16 heavy (non-hydrogen) atoms. The van der Waals surface area contributed by atoms with Gasteiger partial charge in [-0.25, -0.2) is 4.79 Å². The minimum Gasteiger partial charge on any atom is -0.389 e. The van der Waals surface area contributed by atoms with Crippen LogP contribution in [0.1, 0.15) is 28.8 Å². The summed E-state index contributed by atoms with van der Waals surface area (Å²) in [5, 5.41) is 0. The highest BCUT2D eigenvalue weighted by atomic mass is 79.9. The molecular weight excluding hydrogens is 276 g/mol. The lowest BCUT2D eigenvalue weighted by Gasteiger charge is -2.20. The van der Waals surface area contributed by atoms with Gasteiger partial charge in [0.1, 0.15) is 11.7 Å². The van der Waals surface area contributed by atoms with Crippen LogP contribution in [-0.2, 0) is 14.3 Å². The highest BCUT2D eigenvalue weighted by molar-refractivity contribution is 9.10. The first-order valence-corrected chi connectivity index (χ1v) is 5.36. The lowest BCUT2D eigenvalue weighted by atomic mass is 9.89. The summed E-state index contributed by atoms with van der Waals surface area (Å²) < 4.78 is 5.22. The molecular formula is C11H7BrO4. The maximum Gasteiger partial charge on any atom is 0.346 e. The molecule has 1 aliphatic heterocycles. The van der Waals surface area contributed by atoms with Gasteiger partial charge in [0.15, 0.2) is 0 Å². The smallest absolute Gasteiger partial charge is 0.346 e. The summed E-state index contributed by atoms with van der Waals surface area (Å²) in [5.41, 5.74) is 0.672. The van der Waals surface area contributed by atoms with Crippen molar-refractivity contribution in [3.05, 3.63) is 33.8 Å². The lowest BCUT2D eigenvalue weighted by Crippen LogP contribution is -2.31. The summed E-state index contributed by atoms with van der Waals surface area (Å²) in [6, 6.07) is 4.79. The molecule has 0 saturated carbocycles. The number of carbonyl (C=O) groups is 3. The zero-order valence-corrected chi connectivity index (χ0v) is 9.91. The van der Waals surface area contributed by atoms with E-state index in [1.165, 1.54) is 13.0 Å². The Morgan fingerprint density at radius 2 is 2.06 bits per heavy atom. The maximum atomic E-state index is 11.4. The summed E-state index contributed by atoms with van der Waals surface area (Å²) in [6.45, 7) is 1.30. The number of ketones is 1. The van der Waals surface area contributed by atoms with Crippen LogP contribution in [0.5, 0.6) is 0 Å². The van der Waals surface area contributed by atoms with E-state index in [9.17, 15) is 14.4 Å². The van der Waals surface area contributed by atoms with Crippen molar-refractivity contribution in [3.63, 3.8) is 0 Å². The molecule has 0 radical (unpaired) electrons. The minimum absolute atomic E-state index is 0.267. The molecule has 2 rings (SSSR count). The first-order valence-electron chi connectivity index (χ1n) is 4.56. The Balaban J connectivity index is 2.65. The van der Waals surface area contributed by atoms with Crippen LogP contribution in [0, 0.1) is 0 Å². The van der Waals surface area contributed by atoms with Crippen LogP contribution < -0.4 is 0 Å². The van der Waals surface area contributed by atoms with Gasteiger partial charge in [-0.3, -0.25) is 9.59 Å². The molecule has 1 aliphatic rings. The van der Waals surface area contributed by atoms with Gasteiger partial charge in [-0.2, -0.15) is 0 Å². The van der Waals surface area contributed by atoms with E-state index >= 15 is 0 Å². The molecule has 1 unspecified atom stereocenters. The van der Waals surface area contributed by atoms with Crippen LogP contribution in [0.4, 0.5) is 0 Å². The van der Waals surface area contributed by atoms with Crippen molar-refractivity contribution < 1.29 is 19.1 Å². The number of fused-ring (bicyclic) bond motifs is 1. The van der Waals surface area contributed by atoms with E-state index in [2.05, 4.69) is 20.7 Å². The van der Waals surface area contributed by atoms with Crippen LogP contribution in [-0.4, -0.2) is 17.7 Å². The van der Waals surface area contributed by atoms with Crippen molar-refractivity contribution in [1.29, 1.82) is 0 Å². The number of benzene rings is 1. The Morgan fingerprint density at radius 1 is 1.38 bits per heavy atom. The molecule has 1 atom stereocenters. The van der Waals surface area contributed by atoms with Crippen LogP contribution in [0.3, 0.4) is 0 Å². The van der Waals surface area contributed by atoms with Crippen LogP contribution in [0.15, 0.2) is 22.7 Å². The van der Waals surface area contributed by atoms with E-state index in [0.29, 0.717) is 10.0 Å². The molecule has 1 aromatic rings. The predicted octanol–water partition coefficient (Wildman–Crippen LogP) is 1.82. The standard InChI is InChI=1S/C11H7BrO4/c1-5(13)9-8-4-6(12)2-3-7(8)10(14)16-11(9)15/h2-4,9H,1H3. The van der Waals surface area contributed by atoms with Gasteiger partial charge in [-0.1, -0.05) is 15.9 Å². The normalized spacial score (nSPS) is 19.0. The van der Waals surface area contributed by atoms with Crippen molar-refractivity contribution in [2.45, 2.75) is 12.8 Å². The second-order valence-corrected chi connectivity index (χ2v) is 4.40. The van der Waals surface area contributed by atoms with E-state index in [0.717, 1.165) is 0 Å². The van der Waals surface area contributed by atoms with Crippen molar-refractivity contribution in [3.8, 4) is 0 Å². The fourth-order valence-electron chi connectivity index (χ4n) is 1.68. The number of hydrogen-bond donors (Lipinski definition) is 0. The summed E-state index contributed by atoms with van der Waals surface area (Å²) >= 11 is 3.23. The summed E-state index contributed by atoms with van der Waals surface area (Å²) in [4.78, 5) is 34.2. The third kappa shape index (κ3) is 1.67. The molecule has 0 spiro atoms. The van der Waals surface area contributed by atoms with Gasteiger partial charge in [0.2, 0.25) is 0 Å². The Kier molecular flexibility index (Phi) is 2.63. The summed E-state index contributed by atoms with van der Waals surface area (Å²) in [6.07, 6.45) is 0. The van der Waals surface area contributed by atoms with Gasteiger partial charge < -0.3 is 4.74 Å². The fourth-order valence-corrected chi connectivity index (χ4v) is 2.05. The molecule has 0 aliphatic carbocycles. The molecule has 0 fully saturated rings. The second kappa shape index (κ2) is 3.83. The SMILES string of the molecule is CC(=O)C1C(=O)OC(=O)c2ccc(Br)cc21. The quantitative estimate of drug-likeness (QED) is 0.582. The monoisotopic (exact) mass is 282 g/mol. The Morgan fingerprint density at radius 3 is 2.69 bits per heavy atom. The van der Waals surface area contributed by atoms with Crippen LogP contribution in [0.2, 0.25) is 0 Å². The van der Waals surface area contributed by atoms with Crippen LogP contribution >= 0.6 is 15.9 Å². The average molecular weight is 283 g/mol. The summed E-state index contributed by atoms with van der Waals surface area (Å²) in [5.74, 6) is -2.84. The zero-order chi connectivity index (χ0) is 11.9. The first kappa shape index (κ1) is 11.0. The number of ether oxygens (including phenoxy) is 1. The maximum absolute atomic E-state index is 11.4. The van der Waals surface area contributed by atoms with Gasteiger partial charge in [-0.05, 0) is 30.7 Å². The molecule has 1 heterocycles. The average Bonchev–Trinajstić information content (AvgIpc) is 2.15. The number of rotatable bonds is 1. The Labute approximate surface area is 99.7 Å². The number of hydrogen-bond acceptors (Lipinski definition) is 4. The van der Waals surface area contributed by atoms with Crippen molar-refractivity contribution in [2.75, 3.05) is 0 Å². The third-order valence-electron chi connectivity index (χ3n) is 2.38. The third-order valence-corrected chi connectivity index (χ3v) is 2.87. The first-order chi connectivity index (χ1) is 7.50. The molecule has 0 saturated heterocycles. The van der Waals surface area contributed by atoms with Gasteiger partial charge in [-0.15, -0.1) is 0 Å². The molecule has 0 amide bonds. The van der Waals surface area contributed by atoms with Crippen molar-refractivity contribution in [2.24, 2.45) is 0 Å². The zero-order valence-electron chi connectivity index (χ0n) is 8.32. The Bertz CT molecular complexity index is 507. The van der Waals surface area contributed by atoms with Gasteiger partial charge in [0.25, 0.3) is 0 Å². The number of Topliss-reactive ketones (excluding diaryl/α,β-unsaturated/α-hetero) is 1. The van der Waals surface area contributed by atoms with E-state index in [-0.39, 0.29) is 11.3 Å². The molecule has 0 bridgehead atoms. The summed E-state index contributed by atoms with van der Waals surface area (Å²) in [7, 11) is 0. The number of cyclic esters (lactones) is 2. The highest BCUT2D eigenvalue weighted by Gasteiger charge is 2.37. The van der Waals surface area contributed by atoms with E-state index in [1.54, 1.807) is 12.1 Å².